The number of benzene rings is 2. The number of carbonyl (C=O) groups is 1. The van der Waals surface area contributed by atoms with E-state index >= 15 is 0 Å². The molecule has 4 N–H and O–H groups in total. The van der Waals surface area contributed by atoms with Crippen LogP contribution in [0.3, 0.4) is 0 Å². The van der Waals surface area contributed by atoms with Gasteiger partial charge in [-0.25, -0.2) is 8.42 Å². The molecule has 0 aromatic heterocycles. The van der Waals surface area contributed by atoms with Crippen LogP contribution in [-0.2, 0) is 31.3 Å². The first-order valence-corrected chi connectivity index (χ1v) is 12.9. The van der Waals surface area contributed by atoms with E-state index in [4.69, 9.17) is 10.5 Å². The third-order valence-electron chi connectivity index (χ3n) is 6.62. The quantitative estimate of drug-likeness (QED) is 0.418. The Morgan fingerprint density at radius 1 is 1.11 bits per heavy atom. The second-order valence-corrected chi connectivity index (χ2v) is 11.1. The molecule has 3 rings (SSSR count). The summed E-state index contributed by atoms with van der Waals surface area (Å²) >= 11 is 0. The number of sulfonamides is 1. The standard InChI is InChI=1S/C24H27F6N3O4S/c1-15-10-17(12-19(11-15)23(25,26)27)16(2)37-14-22(18-6-4-3-5-7-18)9-8-21(13-32-22,20(31)34)33-38(35,36)24(28,29)30/h3-7,10-12,16,32-33H,8-9,13-14H2,1-2H3,(H2,31,34)/t16?,21-,22+/m0/s1. The molecule has 0 spiro atoms. The fourth-order valence-electron chi connectivity index (χ4n) is 4.37. The van der Waals surface area contributed by atoms with Crippen molar-refractivity contribution in [2.75, 3.05) is 13.2 Å². The van der Waals surface area contributed by atoms with Crippen molar-refractivity contribution < 1.29 is 44.3 Å². The van der Waals surface area contributed by atoms with Crippen molar-refractivity contribution in [1.29, 1.82) is 0 Å². The average Bonchev–Trinajstić information content (AvgIpc) is 2.82. The molecule has 1 unspecified atom stereocenters. The maximum Gasteiger partial charge on any atom is 0.511 e. The summed E-state index contributed by atoms with van der Waals surface area (Å²) in [7, 11) is -5.90. The van der Waals surface area contributed by atoms with Gasteiger partial charge in [0.25, 0.3) is 0 Å². The summed E-state index contributed by atoms with van der Waals surface area (Å²) in [5.74, 6) is -1.30. The van der Waals surface area contributed by atoms with E-state index in [1.807, 2.05) is 0 Å². The third kappa shape index (κ3) is 6.30. The molecule has 0 radical (unpaired) electrons. The van der Waals surface area contributed by atoms with Crippen molar-refractivity contribution in [3.8, 4) is 0 Å². The fourth-order valence-corrected chi connectivity index (χ4v) is 5.28. The first-order chi connectivity index (χ1) is 17.4. The predicted octanol–water partition coefficient (Wildman–Crippen LogP) is 4.03. The van der Waals surface area contributed by atoms with E-state index < -0.39 is 63.3 Å². The van der Waals surface area contributed by atoms with E-state index in [0.29, 0.717) is 11.1 Å². The van der Waals surface area contributed by atoms with E-state index in [1.54, 1.807) is 43.3 Å². The second kappa shape index (κ2) is 10.5. The van der Waals surface area contributed by atoms with Crippen LogP contribution in [0.25, 0.3) is 0 Å². The highest BCUT2D eigenvalue weighted by Crippen LogP contribution is 2.38. The summed E-state index contributed by atoms with van der Waals surface area (Å²) in [5.41, 5.74) is -3.28. The molecule has 7 nitrogen and oxygen atoms in total. The largest absolute Gasteiger partial charge is 0.511 e. The van der Waals surface area contributed by atoms with Crippen molar-refractivity contribution >= 4 is 15.9 Å². The Bertz CT molecular complexity index is 1260. The monoisotopic (exact) mass is 567 g/mol. The topological polar surface area (TPSA) is 111 Å². The van der Waals surface area contributed by atoms with Crippen molar-refractivity contribution in [3.05, 3.63) is 70.8 Å². The van der Waals surface area contributed by atoms with Crippen molar-refractivity contribution in [2.24, 2.45) is 5.73 Å². The Labute approximate surface area is 215 Å². The van der Waals surface area contributed by atoms with Crippen LogP contribution in [0.4, 0.5) is 26.3 Å². The van der Waals surface area contributed by atoms with Gasteiger partial charge in [-0.1, -0.05) is 42.0 Å². The normalized spacial score (nSPS) is 23.7. The Morgan fingerprint density at radius 2 is 1.74 bits per heavy atom. The Hall–Kier alpha value is -2.68. The van der Waals surface area contributed by atoms with Gasteiger partial charge in [0.05, 0.1) is 23.8 Å². The maximum absolute atomic E-state index is 13.3. The lowest BCUT2D eigenvalue weighted by Gasteiger charge is -2.46. The van der Waals surface area contributed by atoms with Gasteiger partial charge >= 0.3 is 21.7 Å². The summed E-state index contributed by atoms with van der Waals surface area (Å²) < 4.78 is 110. The van der Waals surface area contributed by atoms with Gasteiger partial charge in [0.1, 0.15) is 5.54 Å². The number of alkyl halides is 6. The van der Waals surface area contributed by atoms with Crippen molar-refractivity contribution in [3.63, 3.8) is 0 Å². The minimum Gasteiger partial charge on any atom is -0.372 e. The van der Waals surface area contributed by atoms with E-state index in [1.165, 1.54) is 11.6 Å². The summed E-state index contributed by atoms with van der Waals surface area (Å²) in [6, 6.07) is 12.1. The minimum atomic E-state index is -5.90. The minimum absolute atomic E-state index is 0.0886. The van der Waals surface area contributed by atoms with Crippen LogP contribution in [0, 0.1) is 6.92 Å². The van der Waals surface area contributed by atoms with Gasteiger partial charge in [0, 0.05) is 6.54 Å². The highest BCUT2D eigenvalue weighted by molar-refractivity contribution is 7.90. The van der Waals surface area contributed by atoms with Gasteiger partial charge in [-0.15, -0.1) is 0 Å². The molecule has 1 aliphatic rings. The fraction of sp³-hybridized carbons (Fsp3) is 0.458. The first kappa shape index (κ1) is 29.9. The summed E-state index contributed by atoms with van der Waals surface area (Å²) in [6.07, 6.45) is -5.86. The Morgan fingerprint density at radius 3 is 2.24 bits per heavy atom. The molecule has 1 heterocycles. The van der Waals surface area contributed by atoms with Crippen LogP contribution < -0.4 is 15.8 Å². The van der Waals surface area contributed by atoms with Crippen LogP contribution in [0.5, 0.6) is 0 Å². The number of rotatable bonds is 8. The third-order valence-corrected chi connectivity index (χ3v) is 7.88. The van der Waals surface area contributed by atoms with E-state index in [-0.39, 0.29) is 18.6 Å². The molecule has 2 aromatic carbocycles. The molecular formula is C24H27F6N3O4S. The number of halogens is 6. The second-order valence-electron chi connectivity index (χ2n) is 9.38. The number of nitrogens with one attached hydrogen (secondary N) is 2. The zero-order valence-electron chi connectivity index (χ0n) is 20.4. The zero-order chi connectivity index (χ0) is 28.6. The molecule has 14 heteroatoms. The van der Waals surface area contributed by atoms with E-state index in [0.717, 1.165) is 12.1 Å². The van der Waals surface area contributed by atoms with Gasteiger partial charge in [-0.3, -0.25) is 4.79 Å². The van der Waals surface area contributed by atoms with Crippen LogP contribution >= 0.6 is 0 Å². The lowest BCUT2D eigenvalue weighted by atomic mass is 9.76. The van der Waals surface area contributed by atoms with Crippen LogP contribution in [0.1, 0.15) is 48.1 Å². The Balaban J connectivity index is 1.89. The zero-order valence-corrected chi connectivity index (χ0v) is 21.2. The summed E-state index contributed by atoms with van der Waals surface area (Å²) in [6.45, 7) is 2.33. The number of ether oxygens (including phenoxy) is 1. The molecule has 1 amide bonds. The predicted molar refractivity (Wildman–Crippen MR) is 126 cm³/mol. The summed E-state index contributed by atoms with van der Waals surface area (Å²) in [5, 5.41) is 2.95. The molecule has 1 aliphatic heterocycles. The lowest BCUT2D eigenvalue weighted by molar-refractivity contribution is -0.137. The number of nitrogens with two attached hydrogens (primary N) is 1. The van der Waals surface area contributed by atoms with Gasteiger partial charge in [-0.2, -0.15) is 31.1 Å². The molecule has 3 atom stereocenters. The number of hydrogen-bond donors (Lipinski definition) is 3. The van der Waals surface area contributed by atoms with Crippen LogP contribution in [0.2, 0.25) is 0 Å². The van der Waals surface area contributed by atoms with E-state index in [2.05, 4.69) is 5.32 Å². The molecular weight excluding hydrogens is 540 g/mol. The number of hydrogen-bond acceptors (Lipinski definition) is 5. The number of piperidine rings is 1. The van der Waals surface area contributed by atoms with Gasteiger partial charge in [0.15, 0.2) is 0 Å². The van der Waals surface area contributed by atoms with Crippen molar-refractivity contribution in [2.45, 2.75) is 55.6 Å². The number of primary amides is 1. The molecule has 38 heavy (non-hydrogen) atoms. The van der Waals surface area contributed by atoms with Gasteiger partial charge in [-0.05, 0) is 49.9 Å². The SMILES string of the molecule is Cc1cc(C(C)OC[C@@]2(c3ccccc3)CC[C@@](NS(=O)(=O)C(F)(F)F)(C(N)=O)CN2)cc(C(F)(F)F)c1. The van der Waals surface area contributed by atoms with Gasteiger partial charge in [0.2, 0.25) is 5.91 Å². The number of amides is 1. The maximum atomic E-state index is 13.3. The lowest BCUT2D eigenvalue weighted by Crippen LogP contribution is -2.70. The Kier molecular flexibility index (Phi) is 8.23. The van der Waals surface area contributed by atoms with Crippen LogP contribution in [-0.4, -0.2) is 38.5 Å². The molecule has 1 saturated heterocycles. The van der Waals surface area contributed by atoms with E-state index in [9.17, 15) is 39.6 Å². The number of carbonyl (C=O) groups excluding carboxylic acids is 1. The molecule has 210 valence electrons. The molecule has 0 aliphatic carbocycles. The smallest absolute Gasteiger partial charge is 0.372 e. The highest BCUT2D eigenvalue weighted by Gasteiger charge is 2.55. The molecule has 1 fully saturated rings. The summed E-state index contributed by atoms with van der Waals surface area (Å²) in [4.78, 5) is 12.2. The highest BCUT2D eigenvalue weighted by atomic mass is 32.2. The molecule has 2 aromatic rings. The first-order valence-electron chi connectivity index (χ1n) is 11.4. The molecule has 0 bridgehead atoms. The van der Waals surface area contributed by atoms with Crippen LogP contribution in [0.15, 0.2) is 48.5 Å². The number of aryl methyl sites for hydroxylation is 1. The average molecular weight is 568 g/mol. The van der Waals surface area contributed by atoms with Gasteiger partial charge < -0.3 is 15.8 Å². The molecule has 0 saturated carbocycles. The van der Waals surface area contributed by atoms with Crippen molar-refractivity contribution in [1.82, 2.24) is 10.0 Å².